The van der Waals surface area contributed by atoms with Crippen molar-refractivity contribution in [1.29, 1.82) is 0 Å². The molecule has 0 aromatic heterocycles. The van der Waals surface area contributed by atoms with Gasteiger partial charge in [-0.15, -0.1) is 0 Å². The summed E-state index contributed by atoms with van der Waals surface area (Å²) in [7, 11) is 0. The Morgan fingerprint density at radius 3 is 2.16 bits per heavy atom. The zero-order valence-corrected chi connectivity index (χ0v) is 11.9. The number of carbonyl (C=O) groups excluding carboxylic acids is 1. The second-order valence-electron chi connectivity index (χ2n) is 5.47. The molecule has 19 heavy (non-hydrogen) atoms. The van der Waals surface area contributed by atoms with Gasteiger partial charge < -0.3 is 9.84 Å². The molecule has 1 rings (SSSR count). The number of carbonyl (C=O) groups is 2. The molecule has 1 N–H and O–H groups in total. The van der Waals surface area contributed by atoms with Gasteiger partial charge in [0.15, 0.2) is 0 Å². The van der Waals surface area contributed by atoms with Crippen LogP contribution in [0.1, 0.15) is 64.7 Å². The topological polar surface area (TPSA) is 63.6 Å². The van der Waals surface area contributed by atoms with Crippen LogP contribution in [0.2, 0.25) is 0 Å². The SMILES string of the molecule is CCCCCCCOC(=O)C1CCC(C(=O)O)CC1. The molecule has 0 saturated heterocycles. The van der Waals surface area contributed by atoms with Crippen LogP contribution in [0, 0.1) is 11.8 Å². The van der Waals surface area contributed by atoms with Crippen molar-refractivity contribution in [2.45, 2.75) is 64.7 Å². The first-order valence-corrected chi connectivity index (χ1v) is 7.54. The quantitative estimate of drug-likeness (QED) is 0.542. The third-order valence-electron chi connectivity index (χ3n) is 3.90. The van der Waals surface area contributed by atoms with E-state index in [1.54, 1.807) is 0 Å². The third kappa shape index (κ3) is 6.08. The third-order valence-corrected chi connectivity index (χ3v) is 3.90. The summed E-state index contributed by atoms with van der Waals surface area (Å²) in [5.41, 5.74) is 0. The first kappa shape index (κ1) is 16.0. The number of esters is 1. The van der Waals surface area contributed by atoms with Crippen molar-refractivity contribution in [1.82, 2.24) is 0 Å². The van der Waals surface area contributed by atoms with Gasteiger partial charge in [0.05, 0.1) is 18.4 Å². The van der Waals surface area contributed by atoms with Crippen molar-refractivity contribution < 1.29 is 19.4 Å². The molecule has 1 fully saturated rings. The lowest BCUT2D eigenvalue weighted by Gasteiger charge is -2.24. The molecule has 1 saturated carbocycles. The van der Waals surface area contributed by atoms with Crippen LogP contribution in [0.4, 0.5) is 0 Å². The smallest absolute Gasteiger partial charge is 0.308 e. The van der Waals surface area contributed by atoms with E-state index in [1.807, 2.05) is 0 Å². The molecule has 0 heterocycles. The Labute approximate surface area is 115 Å². The first-order valence-electron chi connectivity index (χ1n) is 7.54. The number of hydrogen-bond donors (Lipinski definition) is 1. The lowest BCUT2D eigenvalue weighted by atomic mass is 9.82. The zero-order valence-electron chi connectivity index (χ0n) is 11.9. The molecular weight excluding hydrogens is 244 g/mol. The maximum Gasteiger partial charge on any atom is 0.308 e. The van der Waals surface area contributed by atoms with Crippen LogP contribution in [0.25, 0.3) is 0 Å². The van der Waals surface area contributed by atoms with Crippen molar-refractivity contribution in [2.24, 2.45) is 11.8 Å². The minimum Gasteiger partial charge on any atom is -0.481 e. The molecule has 0 radical (unpaired) electrons. The monoisotopic (exact) mass is 270 g/mol. The van der Waals surface area contributed by atoms with Crippen LogP contribution in [0.5, 0.6) is 0 Å². The van der Waals surface area contributed by atoms with Gasteiger partial charge in [0.2, 0.25) is 0 Å². The second kappa shape index (κ2) is 8.94. The van der Waals surface area contributed by atoms with Gasteiger partial charge in [-0.2, -0.15) is 0 Å². The van der Waals surface area contributed by atoms with Gasteiger partial charge >= 0.3 is 11.9 Å². The Morgan fingerprint density at radius 1 is 1.00 bits per heavy atom. The summed E-state index contributed by atoms with van der Waals surface area (Å²) in [6.45, 7) is 2.69. The van der Waals surface area contributed by atoms with E-state index < -0.39 is 5.97 Å². The maximum absolute atomic E-state index is 11.8. The normalized spacial score (nSPS) is 23.0. The summed E-state index contributed by atoms with van der Waals surface area (Å²) < 4.78 is 5.27. The average Bonchev–Trinajstić information content (AvgIpc) is 2.42. The van der Waals surface area contributed by atoms with E-state index in [1.165, 1.54) is 19.3 Å². The average molecular weight is 270 g/mol. The van der Waals surface area contributed by atoms with Gasteiger partial charge in [-0.3, -0.25) is 9.59 Å². The highest BCUT2D eigenvalue weighted by Crippen LogP contribution is 2.29. The number of carboxylic acid groups (broad SMARTS) is 1. The van der Waals surface area contributed by atoms with Gasteiger partial charge in [0.25, 0.3) is 0 Å². The molecule has 0 aromatic rings. The maximum atomic E-state index is 11.8. The highest BCUT2D eigenvalue weighted by Gasteiger charge is 2.30. The molecule has 1 aliphatic rings. The van der Waals surface area contributed by atoms with E-state index >= 15 is 0 Å². The van der Waals surface area contributed by atoms with Gasteiger partial charge in [0.1, 0.15) is 0 Å². The van der Waals surface area contributed by atoms with E-state index in [0.717, 1.165) is 12.8 Å². The summed E-state index contributed by atoms with van der Waals surface area (Å²) in [4.78, 5) is 22.6. The molecule has 0 atom stereocenters. The molecule has 4 nitrogen and oxygen atoms in total. The summed E-state index contributed by atoms with van der Waals surface area (Å²) >= 11 is 0. The predicted molar refractivity (Wildman–Crippen MR) is 72.8 cm³/mol. The van der Waals surface area contributed by atoms with E-state index in [2.05, 4.69) is 6.92 Å². The molecule has 0 unspecified atom stereocenters. The number of aliphatic carboxylic acids is 1. The van der Waals surface area contributed by atoms with Crippen LogP contribution in [0.3, 0.4) is 0 Å². The molecule has 0 bridgehead atoms. The number of rotatable bonds is 8. The lowest BCUT2D eigenvalue weighted by Crippen LogP contribution is -2.27. The Kier molecular flexibility index (Phi) is 7.53. The fourth-order valence-electron chi connectivity index (χ4n) is 2.57. The number of unbranched alkanes of at least 4 members (excludes halogenated alkanes) is 4. The van der Waals surface area contributed by atoms with Crippen LogP contribution in [0.15, 0.2) is 0 Å². The van der Waals surface area contributed by atoms with Crippen molar-refractivity contribution in [3.8, 4) is 0 Å². The predicted octanol–water partition coefficient (Wildman–Crippen LogP) is 3.39. The number of carboxylic acids is 1. The first-order chi connectivity index (χ1) is 9.15. The fourth-order valence-corrected chi connectivity index (χ4v) is 2.57. The van der Waals surface area contributed by atoms with Crippen LogP contribution < -0.4 is 0 Å². The molecule has 1 aliphatic carbocycles. The molecular formula is C15H26O4. The van der Waals surface area contributed by atoms with Gasteiger partial charge in [-0.05, 0) is 32.1 Å². The highest BCUT2D eigenvalue weighted by atomic mass is 16.5. The summed E-state index contributed by atoms with van der Waals surface area (Å²) in [6.07, 6.45) is 8.25. The molecule has 4 heteroatoms. The summed E-state index contributed by atoms with van der Waals surface area (Å²) in [5, 5.41) is 8.89. The zero-order chi connectivity index (χ0) is 14.1. The van der Waals surface area contributed by atoms with E-state index in [0.29, 0.717) is 32.3 Å². The molecule has 0 spiro atoms. The Bertz CT molecular complexity index is 280. The second-order valence-corrected chi connectivity index (χ2v) is 5.47. The molecule has 0 aromatic carbocycles. The summed E-state index contributed by atoms with van der Waals surface area (Å²) in [6, 6.07) is 0. The lowest BCUT2D eigenvalue weighted by molar-refractivity contribution is -0.152. The van der Waals surface area contributed by atoms with E-state index in [9.17, 15) is 9.59 Å². The molecule has 110 valence electrons. The van der Waals surface area contributed by atoms with Gasteiger partial charge in [-0.1, -0.05) is 32.6 Å². The van der Waals surface area contributed by atoms with Crippen LogP contribution in [-0.2, 0) is 14.3 Å². The van der Waals surface area contributed by atoms with Crippen molar-refractivity contribution in [2.75, 3.05) is 6.61 Å². The summed E-state index contributed by atoms with van der Waals surface area (Å²) in [5.74, 6) is -1.20. The van der Waals surface area contributed by atoms with Crippen molar-refractivity contribution in [3.05, 3.63) is 0 Å². The molecule has 0 amide bonds. The van der Waals surface area contributed by atoms with Gasteiger partial charge in [0, 0.05) is 0 Å². The van der Waals surface area contributed by atoms with Crippen LogP contribution in [-0.4, -0.2) is 23.7 Å². The minimum atomic E-state index is -0.734. The Hall–Kier alpha value is -1.06. The van der Waals surface area contributed by atoms with Crippen molar-refractivity contribution in [3.63, 3.8) is 0 Å². The van der Waals surface area contributed by atoms with E-state index in [-0.39, 0.29) is 17.8 Å². The standard InChI is InChI=1S/C15H26O4/c1-2-3-4-5-6-11-19-15(18)13-9-7-12(8-10-13)14(16)17/h12-13H,2-11H2,1H3,(H,16,17). The number of ether oxygens (including phenoxy) is 1. The Morgan fingerprint density at radius 2 is 1.58 bits per heavy atom. The Balaban J connectivity index is 2.09. The van der Waals surface area contributed by atoms with Crippen LogP contribution >= 0.6 is 0 Å². The minimum absolute atomic E-state index is 0.0776. The molecule has 0 aliphatic heterocycles. The largest absolute Gasteiger partial charge is 0.481 e. The van der Waals surface area contributed by atoms with E-state index in [4.69, 9.17) is 9.84 Å². The van der Waals surface area contributed by atoms with Crippen molar-refractivity contribution >= 4 is 11.9 Å². The van der Waals surface area contributed by atoms with Gasteiger partial charge in [-0.25, -0.2) is 0 Å². The number of hydrogen-bond acceptors (Lipinski definition) is 3. The highest BCUT2D eigenvalue weighted by molar-refractivity contribution is 5.74. The fraction of sp³-hybridized carbons (Fsp3) is 0.867.